The predicted octanol–water partition coefficient (Wildman–Crippen LogP) is 2.27. The monoisotopic (exact) mass is 257 g/mol. The summed E-state index contributed by atoms with van der Waals surface area (Å²) < 4.78 is 0. The zero-order valence-electron chi connectivity index (χ0n) is 8.07. The highest BCUT2D eigenvalue weighted by Gasteiger charge is 2.14. The van der Waals surface area contributed by atoms with E-state index in [9.17, 15) is 4.79 Å². The summed E-state index contributed by atoms with van der Waals surface area (Å²) in [4.78, 5) is 12.0. The number of hydrogen-bond acceptors (Lipinski definition) is 2. The second-order valence-electron chi connectivity index (χ2n) is 3.19. The summed E-state index contributed by atoms with van der Waals surface area (Å²) in [6, 6.07) is 7.41. The van der Waals surface area contributed by atoms with Gasteiger partial charge in [-0.3, -0.25) is 4.79 Å². The zero-order valence-corrected chi connectivity index (χ0v) is 9.65. The number of benzene rings is 1. The van der Waals surface area contributed by atoms with Crippen LogP contribution in [0.25, 0.3) is 0 Å². The van der Waals surface area contributed by atoms with E-state index in [4.69, 9.17) is 5.11 Å². The first-order chi connectivity index (χ1) is 6.52. The van der Waals surface area contributed by atoms with Gasteiger partial charge in [0, 0.05) is 19.8 Å². The van der Waals surface area contributed by atoms with Crippen molar-refractivity contribution < 1.29 is 9.90 Å². The number of hydrogen-bond donors (Lipinski definition) is 1. The van der Waals surface area contributed by atoms with Gasteiger partial charge in [-0.1, -0.05) is 28.1 Å². The van der Waals surface area contributed by atoms with E-state index >= 15 is 0 Å². The van der Waals surface area contributed by atoms with E-state index < -0.39 is 10.8 Å². The van der Waals surface area contributed by atoms with Crippen molar-refractivity contribution in [3.8, 4) is 0 Å². The van der Waals surface area contributed by atoms with Crippen LogP contribution < -0.4 is 4.90 Å². The Morgan fingerprint density at radius 1 is 1.36 bits per heavy atom. The molecule has 76 valence electrons. The number of carboxylic acid groups (broad SMARTS) is 1. The zero-order chi connectivity index (χ0) is 10.7. The molecule has 1 aromatic rings. The summed E-state index contributed by atoms with van der Waals surface area (Å²) in [5.74, 6) is -0.873. The van der Waals surface area contributed by atoms with Crippen LogP contribution in [0.2, 0.25) is 0 Å². The Morgan fingerprint density at radius 3 is 2.21 bits per heavy atom. The lowest BCUT2D eigenvalue weighted by Gasteiger charge is -2.13. The van der Waals surface area contributed by atoms with E-state index in [-0.39, 0.29) is 0 Å². The Hall–Kier alpha value is -1.03. The van der Waals surface area contributed by atoms with Gasteiger partial charge in [-0.25, -0.2) is 0 Å². The minimum Gasteiger partial charge on any atom is -0.480 e. The third-order valence-electron chi connectivity index (χ3n) is 1.92. The fourth-order valence-electron chi connectivity index (χ4n) is 1.08. The first kappa shape index (κ1) is 11.0. The van der Waals surface area contributed by atoms with Crippen molar-refractivity contribution in [3.05, 3.63) is 29.8 Å². The van der Waals surface area contributed by atoms with Gasteiger partial charge in [0.25, 0.3) is 0 Å². The van der Waals surface area contributed by atoms with Gasteiger partial charge in [-0.2, -0.15) is 0 Å². The second-order valence-corrected chi connectivity index (χ2v) is 4.10. The van der Waals surface area contributed by atoms with Crippen LogP contribution in [0.4, 0.5) is 5.69 Å². The van der Waals surface area contributed by atoms with Gasteiger partial charge in [-0.15, -0.1) is 0 Å². The van der Waals surface area contributed by atoms with Crippen LogP contribution in [-0.4, -0.2) is 25.2 Å². The molecule has 0 fully saturated rings. The average molecular weight is 258 g/mol. The van der Waals surface area contributed by atoms with E-state index in [0.717, 1.165) is 11.3 Å². The van der Waals surface area contributed by atoms with Gasteiger partial charge in [0.15, 0.2) is 0 Å². The van der Waals surface area contributed by atoms with Gasteiger partial charge in [0.1, 0.15) is 4.83 Å². The Kier molecular flexibility index (Phi) is 3.52. The van der Waals surface area contributed by atoms with Gasteiger partial charge in [0.05, 0.1) is 0 Å². The molecule has 1 rings (SSSR count). The van der Waals surface area contributed by atoms with Crippen LogP contribution in [-0.2, 0) is 4.79 Å². The Morgan fingerprint density at radius 2 is 1.86 bits per heavy atom. The number of anilines is 1. The van der Waals surface area contributed by atoms with Gasteiger partial charge in [0.2, 0.25) is 0 Å². The van der Waals surface area contributed by atoms with Crippen LogP contribution in [0.3, 0.4) is 0 Å². The van der Waals surface area contributed by atoms with Crippen molar-refractivity contribution >= 4 is 27.6 Å². The molecule has 0 bridgehead atoms. The molecule has 0 amide bonds. The summed E-state index contributed by atoms with van der Waals surface area (Å²) in [5.41, 5.74) is 1.81. The number of halogens is 1. The van der Waals surface area contributed by atoms with Gasteiger partial charge >= 0.3 is 5.97 Å². The highest BCUT2D eigenvalue weighted by atomic mass is 79.9. The number of nitrogens with zero attached hydrogens (tertiary/aromatic N) is 1. The van der Waals surface area contributed by atoms with E-state index in [1.165, 1.54) is 0 Å². The lowest BCUT2D eigenvalue weighted by molar-refractivity contribution is -0.136. The number of alkyl halides is 1. The molecule has 1 aromatic carbocycles. The summed E-state index contributed by atoms with van der Waals surface area (Å²) in [7, 11) is 3.88. The lowest BCUT2D eigenvalue weighted by Crippen LogP contribution is -2.09. The molecule has 0 radical (unpaired) electrons. The summed E-state index contributed by atoms with van der Waals surface area (Å²) in [6.07, 6.45) is 0. The molecule has 1 unspecified atom stereocenters. The minimum atomic E-state index is -0.873. The SMILES string of the molecule is CN(C)c1ccc(C(Br)C(=O)O)cc1. The number of carbonyl (C=O) groups is 1. The third kappa shape index (κ3) is 2.48. The molecule has 4 heteroatoms. The van der Waals surface area contributed by atoms with Crippen molar-refractivity contribution in [1.29, 1.82) is 0 Å². The van der Waals surface area contributed by atoms with Crippen LogP contribution in [0.15, 0.2) is 24.3 Å². The van der Waals surface area contributed by atoms with E-state index in [2.05, 4.69) is 15.9 Å². The number of aliphatic carboxylic acids is 1. The quantitative estimate of drug-likeness (QED) is 0.845. The molecule has 1 atom stereocenters. The summed E-state index contributed by atoms with van der Waals surface area (Å²) in [5, 5.41) is 8.76. The first-order valence-electron chi connectivity index (χ1n) is 4.16. The third-order valence-corrected chi connectivity index (χ3v) is 2.84. The molecule has 1 N–H and O–H groups in total. The molecule has 0 aliphatic carbocycles. The predicted molar refractivity (Wildman–Crippen MR) is 60.1 cm³/mol. The van der Waals surface area contributed by atoms with Crippen LogP contribution in [0.5, 0.6) is 0 Å². The largest absolute Gasteiger partial charge is 0.480 e. The van der Waals surface area contributed by atoms with Gasteiger partial charge < -0.3 is 10.0 Å². The Bertz CT molecular complexity index is 321. The maximum absolute atomic E-state index is 10.7. The molecule has 0 aliphatic heterocycles. The van der Waals surface area contributed by atoms with E-state index in [1.807, 2.05) is 43.3 Å². The van der Waals surface area contributed by atoms with Crippen molar-refractivity contribution in [3.63, 3.8) is 0 Å². The molecule has 0 heterocycles. The van der Waals surface area contributed by atoms with Crippen molar-refractivity contribution in [2.24, 2.45) is 0 Å². The lowest BCUT2D eigenvalue weighted by atomic mass is 10.1. The first-order valence-corrected chi connectivity index (χ1v) is 5.08. The number of carboxylic acids is 1. The molecule has 0 aromatic heterocycles. The average Bonchev–Trinajstić information content (AvgIpc) is 2.16. The van der Waals surface area contributed by atoms with E-state index in [1.54, 1.807) is 0 Å². The second kappa shape index (κ2) is 4.46. The van der Waals surface area contributed by atoms with E-state index in [0.29, 0.717) is 0 Å². The summed E-state index contributed by atoms with van der Waals surface area (Å²) >= 11 is 3.10. The fraction of sp³-hybridized carbons (Fsp3) is 0.300. The normalized spacial score (nSPS) is 12.2. The highest BCUT2D eigenvalue weighted by molar-refractivity contribution is 9.09. The standard InChI is InChI=1S/C10H12BrNO2/c1-12(2)8-5-3-7(4-6-8)9(11)10(13)14/h3-6,9H,1-2H3,(H,13,14). The topological polar surface area (TPSA) is 40.5 Å². The molecular weight excluding hydrogens is 246 g/mol. The number of rotatable bonds is 3. The minimum absolute atomic E-state index is 0.626. The van der Waals surface area contributed by atoms with Crippen LogP contribution in [0, 0.1) is 0 Å². The molecule has 0 saturated heterocycles. The van der Waals surface area contributed by atoms with Crippen molar-refractivity contribution in [1.82, 2.24) is 0 Å². The molecule has 0 saturated carbocycles. The van der Waals surface area contributed by atoms with Gasteiger partial charge in [-0.05, 0) is 17.7 Å². The molecule has 3 nitrogen and oxygen atoms in total. The van der Waals surface area contributed by atoms with Crippen LogP contribution >= 0.6 is 15.9 Å². The molecular formula is C10H12BrNO2. The molecule has 0 aliphatic rings. The fourth-order valence-corrected chi connectivity index (χ4v) is 1.39. The smallest absolute Gasteiger partial charge is 0.321 e. The van der Waals surface area contributed by atoms with Crippen molar-refractivity contribution in [2.45, 2.75) is 4.83 Å². The Labute approximate surface area is 91.5 Å². The molecule has 0 spiro atoms. The summed E-state index contributed by atoms with van der Waals surface area (Å²) in [6.45, 7) is 0. The Balaban J connectivity index is 2.88. The van der Waals surface area contributed by atoms with Crippen LogP contribution in [0.1, 0.15) is 10.4 Å². The maximum Gasteiger partial charge on any atom is 0.321 e. The van der Waals surface area contributed by atoms with Crippen molar-refractivity contribution in [2.75, 3.05) is 19.0 Å². The highest BCUT2D eigenvalue weighted by Crippen LogP contribution is 2.24. The maximum atomic E-state index is 10.7. The molecule has 14 heavy (non-hydrogen) atoms.